The third kappa shape index (κ3) is 3.76. The van der Waals surface area contributed by atoms with Crippen LogP contribution in [0.4, 0.5) is 0 Å². The second-order valence-electron chi connectivity index (χ2n) is 7.81. The van der Waals surface area contributed by atoms with Crippen molar-refractivity contribution < 1.29 is 14.6 Å². The first-order valence-electron chi connectivity index (χ1n) is 9.15. The summed E-state index contributed by atoms with van der Waals surface area (Å²) in [7, 11) is 0. The van der Waals surface area contributed by atoms with Crippen LogP contribution in [0.15, 0.2) is 54.6 Å². The van der Waals surface area contributed by atoms with Gasteiger partial charge in [0.25, 0.3) is 0 Å². The SMILES string of the molecule is Cc1cc2ccccc2c(-c2ccccc2C#N)c1[C@H](OC(C)(C)C)C(=O)O. The fraction of sp³-hybridized carbons (Fsp3) is 0.250. The molecule has 0 aliphatic heterocycles. The van der Waals surface area contributed by atoms with Crippen LogP contribution in [-0.2, 0) is 9.53 Å². The molecule has 0 radical (unpaired) electrons. The number of aryl methyl sites for hydroxylation is 1. The van der Waals surface area contributed by atoms with Crippen molar-refractivity contribution in [1.82, 2.24) is 0 Å². The van der Waals surface area contributed by atoms with E-state index >= 15 is 0 Å². The fourth-order valence-corrected chi connectivity index (χ4v) is 3.52. The van der Waals surface area contributed by atoms with Crippen LogP contribution in [0.3, 0.4) is 0 Å². The summed E-state index contributed by atoms with van der Waals surface area (Å²) in [5.41, 5.74) is 2.71. The summed E-state index contributed by atoms with van der Waals surface area (Å²) in [4.78, 5) is 12.2. The largest absolute Gasteiger partial charge is 0.479 e. The highest BCUT2D eigenvalue weighted by atomic mass is 16.5. The highest BCUT2D eigenvalue weighted by Gasteiger charge is 2.31. The summed E-state index contributed by atoms with van der Waals surface area (Å²) in [5, 5.41) is 21.5. The maximum atomic E-state index is 12.2. The van der Waals surface area contributed by atoms with E-state index in [4.69, 9.17) is 4.74 Å². The Morgan fingerprint density at radius 1 is 1.11 bits per heavy atom. The third-order valence-corrected chi connectivity index (χ3v) is 4.57. The van der Waals surface area contributed by atoms with Gasteiger partial charge in [-0.25, -0.2) is 4.79 Å². The summed E-state index contributed by atoms with van der Waals surface area (Å²) in [5.74, 6) is -1.05. The van der Waals surface area contributed by atoms with Crippen molar-refractivity contribution in [2.45, 2.75) is 39.4 Å². The lowest BCUT2D eigenvalue weighted by Crippen LogP contribution is -2.28. The molecule has 0 unspecified atom stereocenters. The summed E-state index contributed by atoms with van der Waals surface area (Å²) < 4.78 is 5.97. The van der Waals surface area contributed by atoms with Gasteiger partial charge in [-0.15, -0.1) is 0 Å². The number of benzene rings is 3. The van der Waals surface area contributed by atoms with Crippen LogP contribution in [0.25, 0.3) is 21.9 Å². The van der Waals surface area contributed by atoms with Gasteiger partial charge in [0.1, 0.15) is 0 Å². The molecular formula is C24H23NO3. The molecule has 0 amide bonds. The van der Waals surface area contributed by atoms with Gasteiger partial charge in [-0.05, 0) is 55.7 Å². The molecule has 0 aliphatic carbocycles. The smallest absolute Gasteiger partial charge is 0.337 e. The van der Waals surface area contributed by atoms with Gasteiger partial charge in [-0.1, -0.05) is 48.5 Å². The first-order chi connectivity index (χ1) is 13.2. The molecule has 0 aliphatic rings. The average molecular weight is 373 g/mol. The quantitative estimate of drug-likeness (QED) is 0.643. The van der Waals surface area contributed by atoms with E-state index in [1.807, 2.05) is 70.2 Å². The van der Waals surface area contributed by atoms with Gasteiger partial charge in [-0.2, -0.15) is 5.26 Å². The van der Waals surface area contributed by atoms with E-state index in [9.17, 15) is 15.2 Å². The van der Waals surface area contributed by atoms with Gasteiger partial charge in [0.15, 0.2) is 6.10 Å². The number of hydrogen-bond donors (Lipinski definition) is 1. The normalized spacial score (nSPS) is 12.5. The number of carbonyl (C=O) groups is 1. The number of carboxylic acids is 1. The van der Waals surface area contributed by atoms with Gasteiger partial charge in [-0.3, -0.25) is 0 Å². The Labute approximate surface area is 165 Å². The number of aliphatic carboxylic acids is 1. The first kappa shape index (κ1) is 19.6. The number of nitrogens with zero attached hydrogens (tertiary/aromatic N) is 1. The summed E-state index contributed by atoms with van der Waals surface area (Å²) in [6, 6.07) is 19.3. The van der Waals surface area contributed by atoms with E-state index in [0.717, 1.165) is 21.9 Å². The number of hydrogen-bond acceptors (Lipinski definition) is 3. The Bertz CT molecular complexity index is 1090. The van der Waals surface area contributed by atoms with Crippen molar-refractivity contribution in [2.75, 3.05) is 0 Å². The molecular weight excluding hydrogens is 350 g/mol. The van der Waals surface area contributed by atoms with Crippen LogP contribution >= 0.6 is 0 Å². The zero-order valence-corrected chi connectivity index (χ0v) is 16.5. The molecule has 3 aromatic rings. The molecule has 0 spiro atoms. The molecule has 0 saturated heterocycles. The minimum atomic E-state index is -1.15. The van der Waals surface area contributed by atoms with E-state index in [1.54, 1.807) is 12.1 Å². The molecule has 1 N–H and O–H groups in total. The Morgan fingerprint density at radius 2 is 1.75 bits per heavy atom. The van der Waals surface area contributed by atoms with Crippen LogP contribution < -0.4 is 0 Å². The molecule has 28 heavy (non-hydrogen) atoms. The number of carboxylic acid groups (broad SMARTS) is 1. The van der Waals surface area contributed by atoms with Crippen LogP contribution in [-0.4, -0.2) is 16.7 Å². The number of fused-ring (bicyclic) bond motifs is 1. The third-order valence-electron chi connectivity index (χ3n) is 4.57. The van der Waals surface area contributed by atoms with Crippen molar-refractivity contribution in [1.29, 1.82) is 5.26 Å². The highest BCUT2D eigenvalue weighted by Crippen LogP contribution is 2.41. The van der Waals surface area contributed by atoms with Crippen LogP contribution in [0.2, 0.25) is 0 Å². The molecule has 0 heterocycles. The van der Waals surface area contributed by atoms with Crippen molar-refractivity contribution in [3.8, 4) is 17.2 Å². The first-order valence-corrected chi connectivity index (χ1v) is 9.15. The summed E-state index contributed by atoms with van der Waals surface area (Å²) in [6.07, 6.45) is -1.15. The predicted molar refractivity (Wildman–Crippen MR) is 110 cm³/mol. The van der Waals surface area contributed by atoms with E-state index in [-0.39, 0.29) is 0 Å². The topological polar surface area (TPSA) is 70.3 Å². The van der Waals surface area contributed by atoms with Gasteiger partial charge in [0, 0.05) is 11.1 Å². The lowest BCUT2D eigenvalue weighted by Gasteiger charge is -2.28. The van der Waals surface area contributed by atoms with E-state index < -0.39 is 17.7 Å². The highest BCUT2D eigenvalue weighted by molar-refractivity contribution is 6.01. The molecule has 0 bridgehead atoms. The summed E-state index contributed by atoms with van der Waals surface area (Å²) in [6.45, 7) is 7.40. The lowest BCUT2D eigenvalue weighted by molar-refractivity contribution is -0.160. The maximum absolute atomic E-state index is 12.2. The lowest BCUT2D eigenvalue weighted by atomic mass is 9.85. The molecule has 4 heteroatoms. The minimum absolute atomic E-state index is 0.499. The second kappa shape index (κ2) is 7.46. The van der Waals surface area contributed by atoms with Gasteiger partial charge in [0.05, 0.1) is 17.2 Å². The zero-order chi connectivity index (χ0) is 20.5. The van der Waals surface area contributed by atoms with Gasteiger partial charge >= 0.3 is 5.97 Å². The van der Waals surface area contributed by atoms with Crippen LogP contribution in [0.5, 0.6) is 0 Å². The Balaban J connectivity index is 2.45. The van der Waals surface area contributed by atoms with Gasteiger partial charge in [0.2, 0.25) is 0 Å². The molecule has 4 nitrogen and oxygen atoms in total. The van der Waals surface area contributed by atoms with E-state index in [1.165, 1.54) is 0 Å². The zero-order valence-electron chi connectivity index (χ0n) is 16.5. The van der Waals surface area contributed by atoms with Crippen molar-refractivity contribution in [3.63, 3.8) is 0 Å². The Morgan fingerprint density at radius 3 is 2.39 bits per heavy atom. The number of ether oxygens (including phenoxy) is 1. The molecule has 3 aromatic carbocycles. The maximum Gasteiger partial charge on any atom is 0.337 e. The van der Waals surface area contributed by atoms with Crippen molar-refractivity contribution in [2.24, 2.45) is 0 Å². The molecule has 0 saturated carbocycles. The molecule has 1 atom stereocenters. The van der Waals surface area contributed by atoms with E-state index in [0.29, 0.717) is 16.7 Å². The van der Waals surface area contributed by atoms with Crippen molar-refractivity contribution >= 4 is 16.7 Å². The second-order valence-corrected chi connectivity index (χ2v) is 7.81. The summed E-state index contributed by atoms with van der Waals surface area (Å²) >= 11 is 0. The number of nitriles is 1. The fourth-order valence-electron chi connectivity index (χ4n) is 3.52. The van der Waals surface area contributed by atoms with E-state index in [2.05, 4.69) is 6.07 Å². The number of rotatable bonds is 4. The predicted octanol–water partition coefficient (Wildman–Crippen LogP) is 5.63. The Kier molecular flexibility index (Phi) is 5.22. The molecule has 3 rings (SSSR count). The van der Waals surface area contributed by atoms with Crippen molar-refractivity contribution in [3.05, 3.63) is 71.3 Å². The molecule has 0 fully saturated rings. The Hall–Kier alpha value is -3.16. The monoisotopic (exact) mass is 373 g/mol. The molecule has 142 valence electrons. The standard InChI is InChI=1S/C24H23NO3/c1-15-13-16-9-5-7-11-18(16)21(19-12-8-6-10-17(19)14-25)20(15)22(23(26)27)28-24(2,3)4/h5-13,22H,1-4H3,(H,26,27)/t22-/m0/s1. The average Bonchev–Trinajstić information content (AvgIpc) is 2.64. The molecule has 0 aromatic heterocycles. The van der Waals surface area contributed by atoms with Gasteiger partial charge < -0.3 is 9.84 Å². The van der Waals surface area contributed by atoms with Crippen LogP contribution in [0, 0.1) is 18.3 Å². The van der Waals surface area contributed by atoms with Crippen LogP contribution in [0.1, 0.15) is 43.6 Å². The minimum Gasteiger partial charge on any atom is -0.479 e.